The summed E-state index contributed by atoms with van der Waals surface area (Å²) in [5.74, 6) is 0.162. The van der Waals surface area contributed by atoms with E-state index >= 15 is 0 Å². The fourth-order valence-electron chi connectivity index (χ4n) is 1.59. The zero-order chi connectivity index (χ0) is 13.7. The summed E-state index contributed by atoms with van der Waals surface area (Å²) in [7, 11) is 1.59. The van der Waals surface area contributed by atoms with Crippen LogP contribution < -0.4 is 10.6 Å². The number of nitrogens with zero attached hydrogens (tertiary/aromatic N) is 2. The number of hydrogen-bond acceptors (Lipinski definition) is 4. The zero-order valence-electron chi connectivity index (χ0n) is 10.6. The van der Waals surface area contributed by atoms with E-state index in [0.29, 0.717) is 6.54 Å². The highest BCUT2D eigenvalue weighted by Gasteiger charge is 2.02. The van der Waals surface area contributed by atoms with Crippen molar-refractivity contribution in [1.29, 1.82) is 0 Å². The van der Waals surface area contributed by atoms with Crippen LogP contribution in [0.25, 0.3) is 0 Å². The molecule has 0 aliphatic carbocycles. The third-order valence-electron chi connectivity index (χ3n) is 2.65. The van der Waals surface area contributed by atoms with Crippen LogP contribution in [0.5, 0.6) is 5.75 Å². The van der Waals surface area contributed by atoms with Gasteiger partial charge in [-0.05, 0) is 17.7 Å². The first-order valence-corrected chi connectivity index (χ1v) is 5.92. The second kappa shape index (κ2) is 5.90. The van der Waals surface area contributed by atoms with Crippen LogP contribution >= 0.6 is 0 Å². The third kappa shape index (κ3) is 3.74. The lowest BCUT2D eigenvalue weighted by Crippen LogP contribution is -2.23. The van der Waals surface area contributed by atoms with E-state index in [2.05, 4.69) is 15.7 Å². The Kier molecular flexibility index (Phi) is 4.02. The van der Waals surface area contributed by atoms with E-state index in [1.54, 1.807) is 36.3 Å². The van der Waals surface area contributed by atoms with Gasteiger partial charge in [0.05, 0.1) is 11.9 Å². The molecule has 0 saturated carbocycles. The van der Waals surface area contributed by atoms with Crippen molar-refractivity contribution in [2.75, 3.05) is 12.4 Å². The summed E-state index contributed by atoms with van der Waals surface area (Å²) in [5, 5.41) is 19.0. The van der Waals surface area contributed by atoms with Gasteiger partial charge in [-0.25, -0.2) is 0 Å². The van der Waals surface area contributed by atoms with Crippen LogP contribution in [-0.2, 0) is 17.9 Å². The van der Waals surface area contributed by atoms with Crippen molar-refractivity contribution in [3.05, 3.63) is 42.2 Å². The molecule has 6 nitrogen and oxygen atoms in total. The van der Waals surface area contributed by atoms with E-state index in [0.717, 1.165) is 11.3 Å². The Bertz CT molecular complexity index is 548. The molecule has 0 unspecified atom stereocenters. The summed E-state index contributed by atoms with van der Waals surface area (Å²) >= 11 is 0. The van der Waals surface area contributed by atoms with Gasteiger partial charge in [-0.1, -0.05) is 12.1 Å². The van der Waals surface area contributed by atoms with Gasteiger partial charge < -0.3 is 15.7 Å². The van der Waals surface area contributed by atoms with Crippen LogP contribution in [0, 0.1) is 0 Å². The maximum absolute atomic E-state index is 11.2. The fourth-order valence-corrected chi connectivity index (χ4v) is 1.59. The number of likely N-dealkylation sites (N-methyl/N-ethyl adjacent to an activating group) is 1. The molecule has 0 aliphatic heterocycles. The molecule has 0 fully saturated rings. The van der Waals surface area contributed by atoms with Gasteiger partial charge in [0.15, 0.2) is 0 Å². The fraction of sp³-hybridized carbons (Fsp3) is 0.231. The quantitative estimate of drug-likeness (QED) is 0.747. The van der Waals surface area contributed by atoms with Crippen LogP contribution in [0.3, 0.4) is 0 Å². The first kappa shape index (κ1) is 12.9. The van der Waals surface area contributed by atoms with Crippen LogP contribution in [0.2, 0.25) is 0 Å². The normalized spacial score (nSPS) is 10.2. The molecule has 2 rings (SSSR count). The molecular weight excluding hydrogens is 244 g/mol. The van der Waals surface area contributed by atoms with E-state index in [1.165, 1.54) is 0 Å². The third-order valence-corrected chi connectivity index (χ3v) is 2.65. The molecule has 1 heterocycles. The lowest BCUT2D eigenvalue weighted by atomic mass is 10.2. The first-order valence-electron chi connectivity index (χ1n) is 5.92. The number of aromatic hydroxyl groups is 1. The average molecular weight is 260 g/mol. The highest BCUT2D eigenvalue weighted by Crippen LogP contribution is 2.12. The second-order valence-electron chi connectivity index (χ2n) is 4.12. The largest absolute Gasteiger partial charge is 0.508 e. The van der Waals surface area contributed by atoms with Crippen molar-refractivity contribution in [3.63, 3.8) is 0 Å². The average Bonchev–Trinajstić information content (AvgIpc) is 2.85. The predicted octanol–water partition coefficient (Wildman–Crippen LogP) is 0.947. The molecule has 1 aromatic heterocycles. The highest BCUT2D eigenvalue weighted by molar-refractivity contribution is 5.75. The summed E-state index contributed by atoms with van der Waals surface area (Å²) in [6.07, 6.45) is 3.44. The number of aromatic nitrogens is 2. The number of benzene rings is 1. The number of hydrogen-bond donors (Lipinski definition) is 3. The minimum Gasteiger partial charge on any atom is -0.508 e. The topological polar surface area (TPSA) is 79.2 Å². The second-order valence-corrected chi connectivity index (χ2v) is 4.12. The van der Waals surface area contributed by atoms with Gasteiger partial charge in [0.25, 0.3) is 0 Å². The molecule has 0 bridgehead atoms. The van der Waals surface area contributed by atoms with Crippen molar-refractivity contribution in [2.45, 2.75) is 13.1 Å². The van der Waals surface area contributed by atoms with Gasteiger partial charge in [-0.15, -0.1) is 0 Å². The number of anilines is 1. The van der Waals surface area contributed by atoms with E-state index < -0.39 is 0 Å². The number of phenols is 1. The molecule has 2 aromatic rings. The van der Waals surface area contributed by atoms with Crippen LogP contribution in [0.15, 0.2) is 36.7 Å². The molecule has 1 amide bonds. The molecule has 19 heavy (non-hydrogen) atoms. The number of carbonyl (C=O) groups excluding carboxylic acids is 1. The molecule has 6 heteroatoms. The Morgan fingerprint density at radius 2 is 2.11 bits per heavy atom. The molecule has 0 saturated heterocycles. The number of carbonyl (C=O) groups is 1. The minimum absolute atomic E-state index is 0.0896. The highest BCUT2D eigenvalue weighted by atomic mass is 16.3. The maximum atomic E-state index is 11.2. The Hall–Kier alpha value is -2.50. The number of amides is 1. The van der Waals surface area contributed by atoms with Crippen molar-refractivity contribution in [1.82, 2.24) is 15.1 Å². The van der Waals surface area contributed by atoms with Crippen molar-refractivity contribution >= 4 is 11.6 Å². The summed E-state index contributed by atoms with van der Waals surface area (Å²) in [6, 6.07) is 6.98. The maximum Gasteiger partial charge on any atom is 0.241 e. The zero-order valence-corrected chi connectivity index (χ0v) is 10.6. The molecular formula is C13H16N4O2. The molecule has 0 radical (unpaired) electrons. The monoisotopic (exact) mass is 260 g/mol. The van der Waals surface area contributed by atoms with Gasteiger partial charge in [-0.3, -0.25) is 9.48 Å². The van der Waals surface area contributed by atoms with E-state index in [4.69, 9.17) is 0 Å². The summed E-state index contributed by atoms with van der Waals surface area (Å²) in [4.78, 5) is 11.2. The standard InChI is InChI=1S/C13H16N4O2/c1-14-13(19)9-17-8-11(7-16-17)15-6-10-2-4-12(18)5-3-10/h2-5,7-8,15,18H,6,9H2,1H3,(H,14,19). The predicted molar refractivity (Wildman–Crippen MR) is 71.7 cm³/mol. The first-order chi connectivity index (χ1) is 9.17. The Labute approximate surface area is 111 Å². The van der Waals surface area contributed by atoms with Gasteiger partial charge in [0.2, 0.25) is 5.91 Å². The summed E-state index contributed by atoms with van der Waals surface area (Å²) < 4.78 is 1.57. The Morgan fingerprint density at radius 1 is 1.37 bits per heavy atom. The van der Waals surface area contributed by atoms with Crippen molar-refractivity contribution in [3.8, 4) is 5.75 Å². The molecule has 100 valence electrons. The molecule has 0 atom stereocenters. The van der Waals surface area contributed by atoms with Crippen LogP contribution in [0.1, 0.15) is 5.56 Å². The van der Waals surface area contributed by atoms with E-state index in [1.807, 2.05) is 12.1 Å². The molecule has 0 spiro atoms. The van der Waals surface area contributed by atoms with E-state index in [9.17, 15) is 9.90 Å². The minimum atomic E-state index is -0.0896. The Balaban J connectivity index is 1.89. The van der Waals surface area contributed by atoms with Gasteiger partial charge in [-0.2, -0.15) is 5.10 Å². The van der Waals surface area contributed by atoms with Gasteiger partial charge >= 0.3 is 0 Å². The smallest absolute Gasteiger partial charge is 0.241 e. The number of phenolic OH excluding ortho intramolecular Hbond substituents is 1. The van der Waals surface area contributed by atoms with Crippen molar-refractivity contribution < 1.29 is 9.90 Å². The van der Waals surface area contributed by atoms with Gasteiger partial charge in [0.1, 0.15) is 12.3 Å². The van der Waals surface area contributed by atoms with Crippen LogP contribution in [0.4, 0.5) is 5.69 Å². The number of nitrogens with one attached hydrogen (secondary N) is 2. The molecule has 0 aliphatic rings. The van der Waals surface area contributed by atoms with Gasteiger partial charge in [0, 0.05) is 19.8 Å². The molecule has 1 aromatic carbocycles. The summed E-state index contributed by atoms with van der Waals surface area (Å²) in [5.41, 5.74) is 1.90. The number of rotatable bonds is 5. The molecule has 3 N–H and O–H groups in total. The SMILES string of the molecule is CNC(=O)Cn1cc(NCc2ccc(O)cc2)cn1. The van der Waals surface area contributed by atoms with Crippen LogP contribution in [-0.4, -0.2) is 27.8 Å². The van der Waals surface area contributed by atoms with E-state index in [-0.39, 0.29) is 18.2 Å². The Morgan fingerprint density at radius 3 is 2.79 bits per heavy atom. The lowest BCUT2D eigenvalue weighted by Gasteiger charge is -2.03. The van der Waals surface area contributed by atoms with Crippen molar-refractivity contribution in [2.24, 2.45) is 0 Å². The summed E-state index contributed by atoms with van der Waals surface area (Å²) in [6.45, 7) is 0.837. The lowest BCUT2D eigenvalue weighted by molar-refractivity contribution is -0.121.